The standard InChI is InChI=1S/C27H25ClF2N4O4/c28-27(29,30)38-20-6-2-17(3-7-20)31-25(36)15-1-8-23(33-10-9-19(35)14-33)21(11-15)22-12-16-13-34(18-4-5-18)26(37)24(16)32-22/h1-3,6-8,11-12,18-19,32,35H,4-5,9-10,13-14H2,(H,31,36)/t19-/m1/s1. The number of ether oxygens (including phenoxy) is 1. The molecular weight excluding hydrogens is 518 g/mol. The van der Waals surface area contributed by atoms with Crippen molar-refractivity contribution < 1.29 is 28.2 Å². The first-order chi connectivity index (χ1) is 18.1. The van der Waals surface area contributed by atoms with E-state index in [1.54, 1.807) is 12.1 Å². The molecule has 3 aromatic rings. The van der Waals surface area contributed by atoms with Crippen LogP contribution >= 0.6 is 11.6 Å². The summed E-state index contributed by atoms with van der Waals surface area (Å²) < 4.78 is 30.0. The Morgan fingerprint density at radius 1 is 1.13 bits per heavy atom. The summed E-state index contributed by atoms with van der Waals surface area (Å²) in [5.74, 6) is -0.539. The van der Waals surface area contributed by atoms with E-state index in [0.29, 0.717) is 49.0 Å². The molecule has 11 heteroatoms. The number of aliphatic hydroxyl groups excluding tert-OH is 1. The van der Waals surface area contributed by atoms with E-state index in [1.807, 2.05) is 17.0 Å². The monoisotopic (exact) mass is 542 g/mol. The fourth-order valence-corrected chi connectivity index (χ4v) is 5.20. The number of rotatable bonds is 7. The molecule has 1 aliphatic carbocycles. The minimum atomic E-state index is -3.83. The predicted molar refractivity (Wildman–Crippen MR) is 138 cm³/mol. The second-order valence-corrected chi connectivity index (χ2v) is 10.3. The van der Waals surface area contributed by atoms with Crippen molar-refractivity contribution in [2.75, 3.05) is 23.3 Å². The molecule has 0 unspecified atom stereocenters. The van der Waals surface area contributed by atoms with Gasteiger partial charge in [-0.2, -0.15) is 0 Å². The molecule has 2 aliphatic heterocycles. The number of hydrogen-bond acceptors (Lipinski definition) is 5. The zero-order valence-corrected chi connectivity index (χ0v) is 21.0. The first-order valence-corrected chi connectivity index (χ1v) is 12.8. The zero-order chi connectivity index (χ0) is 26.6. The molecule has 3 aliphatic rings. The molecule has 8 nitrogen and oxygen atoms in total. The van der Waals surface area contributed by atoms with Crippen LogP contribution in [0.3, 0.4) is 0 Å². The van der Waals surface area contributed by atoms with Gasteiger partial charge in [-0.1, -0.05) is 0 Å². The highest BCUT2D eigenvalue weighted by atomic mass is 35.5. The molecule has 0 bridgehead atoms. The maximum absolute atomic E-state index is 13.1. The summed E-state index contributed by atoms with van der Waals surface area (Å²) in [5.41, 5.74) is 0.784. The van der Waals surface area contributed by atoms with Gasteiger partial charge in [-0.3, -0.25) is 9.59 Å². The number of hydrogen-bond donors (Lipinski definition) is 3. The fraction of sp³-hybridized carbons (Fsp3) is 0.333. The quantitative estimate of drug-likeness (QED) is 0.373. The molecule has 1 saturated heterocycles. The van der Waals surface area contributed by atoms with E-state index in [1.165, 1.54) is 24.3 Å². The van der Waals surface area contributed by atoms with Crippen LogP contribution < -0.4 is 15.0 Å². The van der Waals surface area contributed by atoms with Crippen molar-refractivity contribution >= 4 is 34.8 Å². The maximum Gasteiger partial charge on any atom is 0.487 e. The number of aliphatic hydroxyl groups is 1. The van der Waals surface area contributed by atoms with E-state index >= 15 is 0 Å². The van der Waals surface area contributed by atoms with E-state index < -0.39 is 17.6 Å². The topological polar surface area (TPSA) is 97.9 Å². The average Bonchev–Trinajstić information content (AvgIpc) is 3.35. The molecule has 6 rings (SSSR count). The van der Waals surface area contributed by atoms with Crippen molar-refractivity contribution in [3.8, 4) is 17.0 Å². The fourth-order valence-electron chi connectivity index (χ4n) is 5.11. The number of anilines is 2. The predicted octanol–water partition coefficient (Wildman–Crippen LogP) is 4.79. The third kappa shape index (κ3) is 4.93. The summed E-state index contributed by atoms with van der Waals surface area (Å²) in [4.78, 5) is 33.3. The van der Waals surface area contributed by atoms with Gasteiger partial charge in [-0.15, -0.1) is 8.78 Å². The summed E-state index contributed by atoms with van der Waals surface area (Å²) in [5, 5.41) is 12.9. The van der Waals surface area contributed by atoms with Crippen LogP contribution in [0.1, 0.15) is 45.7 Å². The molecule has 3 N–H and O–H groups in total. The van der Waals surface area contributed by atoms with Gasteiger partial charge in [0.05, 0.1) is 6.10 Å². The number of carbonyl (C=O) groups excluding carboxylic acids is 2. The lowest BCUT2D eigenvalue weighted by atomic mass is 10.0. The van der Waals surface area contributed by atoms with Crippen LogP contribution in [0, 0.1) is 0 Å². The number of benzene rings is 2. The van der Waals surface area contributed by atoms with Crippen molar-refractivity contribution in [1.29, 1.82) is 0 Å². The number of nitrogens with one attached hydrogen (secondary N) is 2. The molecule has 1 aromatic heterocycles. The Morgan fingerprint density at radius 3 is 2.53 bits per heavy atom. The van der Waals surface area contributed by atoms with E-state index in [0.717, 1.165) is 35.3 Å². The minimum absolute atomic E-state index is 0.000137. The Balaban J connectivity index is 1.27. The van der Waals surface area contributed by atoms with Crippen LogP contribution in [-0.4, -0.2) is 57.6 Å². The van der Waals surface area contributed by atoms with E-state index in [-0.39, 0.29) is 11.7 Å². The van der Waals surface area contributed by atoms with Gasteiger partial charge in [0.15, 0.2) is 0 Å². The Morgan fingerprint density at radius 2 is 1.89 bits per heavy atom. The second kappa shape index (κ2) is 9.28. The highest BCUT2D eigenvalue weighted by molar-refractivity contribution is 6.20. The summed E-state index contributed by atoms with van der Waals surface area (Å²) in [6.07, 6.45) is 2.29. The van der Waals surface area contributed by atoms with Gasteiger partial charge in [0.2, 0.25) is 0 Å². The summed E-state index contributed by atoms with van der Waals surface area (Å²) in [7, 11) is 0. The normalized spacial score (nSPS) is 19.2. The zero-order valence-electron chi connectivity index (χ0n) is 20.2. The third-order valence-electron chi connectivity index (χ3n) is 7.10. The molecule has 1 atom stereocenters. The molecular formula is C27H25ClF2N4O4. The highest BCUT2D eigenvalue weighted by Gasteiger charge is 2.39. The van der Waals surface area contributed by atoms with E-state index in [4.69, 9.17) is 11.6 Å². The molecule has 198 valence electrons. The molecule has 0 radical (unpaired) electrons. The van der Waals surface area contributed by atoms with Gasteiger partial charge in [-0.25, -0.2) is 0 Å². The summed E-state index contributed by atoms with van der Waals surface area (Å²) >= 11 is 4.79. The lowest BCUT2D eigenvalue weighted by Gasteiger charge is -2.22. The molecule has 1 saturated carbocycles. The van der Waals surface area contributed by atoms with Crippen molar-refractivity contribution in [3.63, 3.8) is 0 Å². The van der Waals surface area contributed by atoms with Gasteiger partial charge in [0, 0.05) is 71.0 Å². The number of amides is 2. The Hall–Kier alpha value is -3.63. The number of halogens is 3. The minimum Gasteiger partial charge on any atom is -0.420 e. The van der Waals surface area contributed by atoms with Crippen molar-refractivity contribution in [2.24, 2.45) is 0 Å². The van der Waals surface area contributed by atoms with Crippen LogP contribution in [-0.2, 0) is 6.54 Å². The number of β-amino-alcohol motifs (C(OH)–C–C–N with tert-alkyl or cyclic N) is 1. The number of alkyl halides is 3. The van der Waals surface area contributed by atoms with Crippen LogP contribution in [0.25, 0.3) is 11.3 Å². The smallest absolute Gasteiger partial charge is 0.420 e. The average molecular weight is 543 g/mol. The number of aromatic amines is 1. The van der Waals surface area contributed by atoms with Crippen LogP contribution in [0.2, 0.25) is 0 Å². The Labute approximate surface area is 222 Å². The van der Waals surface area contributed by atoms with Gasteiger partial charge in [0.25, 0.3) is 11.8 Å². The van der Waals surface area contributed by atoms with Gasteiger partial charge >= 0.3 is 5.57 Å². The van der Waals surface area contributed by atoms with Crippen molar-refractivity contribution in [2.45, 2.75) is 43.5 Å². The molecule has 2 aromatic carbocycles. The van der Waals surface area contributed by atoms with Crippen LogP contribution in [0.15, 0.2) is 48.5 Å². The number of fused-ring (bicyclic) bond motifs is 1. The molecule has 2 fully saturated rings. The first-order valence-electron chi connectivity index (χ1n) is 12.4. The second-order valence-electron chi connectivity index (χ2n) is 9.89. The molecule has 3 heterocycles. The van der Waals surface area contributed by atoms with Crippen molar-refractivity contribution in [1.82, 2.24) is 9.88 Å². The van der Waals surface area contributed by atoms with Gasteiger partial charge in [0.1, 0.15) is 11.4 Å². The third-order valence-corrected chi connectivity index (χ3v) is 7.18. The Bertz CT molecular complexity index is 1400. The van der Waals surface area contributed by atoms with Crippen LogP contribution in [0.4, 0.5) is 20.2 Å². The lowest BCUT2D eigenvalue weighted by molar-refractivity contribution is -0.0964. The lowest BCUT2D eigenvalue weighted by Crippen LogP contribution is -2.26. The number of H-pyrrole nitrogens is 1. The number of carbonyl (C=O) groups is 2. The van der Waals surface area contributed by atoms with Crippen molar-refractivity contribution in [3.05, 3.63) is 65.4 Å². The van der Waals surface area contributed by atoms with Gasteiger partial charge in [-0.05, 0) is 67.8 Å². The SMILES string of the molecule is O=C(Nc1ccc(OC(F)(F)Cl)cc1)c1ccc(N2CC[C@@H](O)C2)c(-c2cc3c([nH]2)C(=O)N(C2CC2)C3)c1. The van der Waals surface area contributed by atoms with E-state index in [9.17, 15) is 23.5 Å². The van der Waals surface area contributed by atoms with Crippen LogP contribution in [0.5, 0.6) is 5.75 Å². The molecule has 38 heavy (non-hydrogen) atoms. The molecule has 0 spiro atoms. The maximum atomic E-state index is 13.1. The summed E-state index contributed by atoms with van der Waals surface area (Å²) in [6.45, 7) is 1.72. The summed E-state index contributed by atoms with van der Waals surface area (Å²) in [6, 6.07) is 13.0. The Kier molecular flexibility index (Phi) is 6.03. The first kappa shape index (κ1) is 24.7. The highest BCUT2D eigenvalue weighted by Crippen LogP contribution is 2.39. The largest absolute Gasteiger partial charge is 0.487 e. The number of aromatic nitrogens is 1. The molecule has 2 amide bonds. The number of nitrogens with zero attached hydrogens (tertiary/aromatic N) is 2. The van der Waals surface area contributed by atoms with Gasteiger partial charge < -0.3 is 29.9 Å². The van der Waals surface area contributed by atoms with E-state index in [2.05, 4.69) is 19.9 Å².